The number of fused-ring (bicyclic) bond motifs is 1. The Kier molecular flexibility index (Phi) is 6.28. The van der Waals surface area contributed by atoms with E-state index in [0.717, 1.165) is 37.2 Å². The molecule has 0 aromatic heterocycles. The van der Waals surface area contributed by atoms with E-state index < -0.39 is 5.60 Å². The van der Waals surface area contributed by atoms with Crippen molar-refractivity contribution < 1.29 is 14.3 Å². The smallest absolute Gasteiger partial charge is 0.411 e. The number of piperazine rings is 1. The average molecular weight is 475 g/mol. The van der Waals surface area contributed by atoms with Crippen LogP contribution in [-0.4, -0.2) is 77.7 Å². The summed E-state index contributed by atoms with van der Waals surface area (Å²) in [5, 5.41) is 3.25. The molecule has 7 nitrogen and oxygen atoms in total. The van der Waals surface area contributed by atoms with Gasteiger partial charge < -0.3 is 15.0 Å². The van der Waals surface area contributed by atoms with Gasteiger partial charge in [0.2, 0.25) is 0 Å². The molecule has 0 spiro atoms. The predicted octanol–water partition coefficient (Wildman–Crippen LogP) is 3.82. The van der Waals surface area contributed by atoms with Crippen LogP contribution in [0.5, 0.6) is 0 Å². The first-order chi connectivity index (χ1) is 16.9. The largest absolute Gasteiger partial charge is 0.431 e. The van der Waals surface area contributed by atoms with Crippen LogP contribution in [0.15, 0.2) is 72.8 Å². The third-order valence-corrected chi connectivity index (χ3v) is 7.23. The van der Waals surface area contributed by atoms with Crippen LogP contribution < -0.4 is 5.32 Å². The molecule has 1 unspecified atom stereocenters. The minimum Gasteiger partial charge on any atom is -0.431 e. The second-order valence-corrected chi connectivity index (χ2v) is 10.3. The number of urea groups is 1. The number of nitrogens with one attached hydrogen (secondary N) is 1. The SMILES string of the molecule is CC(C)(CN1CC=CCC1)NC(=O)N1CCN2C(=O)OC(c3ccccc3)(c3ccccc3)C2C1. The number of nitrogens with zero attached hydrogens (tertiary/aromatic N) is 3. The van der Waals surface area contributed by atoms with E-state index in [1.165, 1.54) is 0 Å². The highest BCUT2D eigenvalue weighted by Crippen LogP contribution is 2.45. The zero-order valence-electron chi connectivity index (χ0n) is 20.5. The van der Waals surface area contributed by atoms with Crippen LogP contribution >= 0.6 is 0 Å². The van der Waals surface area contributed by atoms with Crippen molar-refractivity contribution in [2.75, 3.05) is 39.3 Å². The molecule has 1 atom stereocenters. The number of carbonyl (C=O) groups is 2. The molecule has 2 saturated heterocycles. The second-order valence-electron chi connectivity index (χ2n) is 10.3. The van der Waals surface area contributed by atoms with Gasteiger partial charge in [-0.2, -0.15) is 0 Å². The molecule has 0 aliphatic carbocycles. The summed E-state index contributed by atoms with van der Waals surface area (Å²) in [6.07, 6.45) is 5.10. The molecule has 5 rings (SSSR count). The van der Waals surface area contributed by atoms with E-state index in [9.17, 15) is 9.59 Å². The maximum Gasteiger partial charge on any atom is 0.411 e. The molecule has 35 heavy (non-hydrogen) atoms. The summed E-state index contributed by atoms with van der Waals surface area (Å²) in [5.41, 5.74) is 0.464. The Hall–Kier alpha value is -3.32. The number of amides is 3. The molecule has 3 heterocycles. The first-order valence-corrected chi connectivity index (χ1v) is 12.4. The molecule has 2 fully saturated rings. The first kappa shape index (κ1) is 23.4. The minimum absolute atomic E-state index is 0.100. The fourth-order valence-electron chi connectivity index (χ4n) is 5.64. The third kappa shape index (κ3) is 4.52. The number of hydrogen-bond acceptors (Lipinski definition) is 4. The summed E-state index contributed by atoms with van der Waals surface area (Å²) < 4.78 is 6.21. The van der Waals surface area contributed by atoms with Crippen molar-refractivity contribution in [2.24, 2.45) is 0 Å². The topological polar surface area (TPSA) is 65.1 Å². The first-order valence-electron chi connectivity index (χ1n) is 12.4. The molecule has 2 aromatic carbocycles. The lowest BCUT2D eigenvalue weighted by Crippen LogP contribution is -2.62. The van der Waals surface area contributed by atoms with Gasteiger partial charge in [0.1, 0.15) is 6.04 Å². The molecule has 1 N–H and O–H groups in total. The zero-order valence-corrected chi connectivity index (χ0v) is 20.5. The molecule has 2 aromatic rings. The number of rotatable bonds is 5. The molecule has 0 radical (unpaired) electrons. The van der Waals surface area contributed by atoms with Gasteiger partial charge in [-0.05, 0) is 20.3 Å². The normalized spacial score (nSPS) is 22.0. The summed E-state index contributed by atoms with van der Waals surface area (Å²) in [5.74, 6) is 0. The predicted molar refractivity (Wildman–Crippen MR) is 135 cm³/mol. The highest BCUT2D eigenvalue weighted by Gasteiger charge is 2.58. The maximum absolute atomic E-state index is 13.4. The van der Waals surface area contributed by atoms with Gasteiger partial charge in [0.15, 0.2) is 5.60 Å². The quantitative estimate of drug-likeness (QED) is 0.670. The summed E-state index contributed by atoms with van der Waals surface area (Å²) in [6.45, 7) is 8.15. The van der Waals surface area contributed by atoms with Crippen LogP contribution in [-0.2, 0) is 10.3 Å². The molecular weight excluding hydrogens is 440 g/mol. The van der Waals surface area contributed by atoms with Gasteiger partial charge in [-0.1, -0.05) is 72.8 Å². The third-order valence-electron chi connectivity index (χ3n) is 7.23. The van der Waals surface area contributed by atoms with Crippen LogP contribution in [0.25, 0.3) is 0 Å². The van der Waals surface area contributed by atoms with E-state index in [1.54, 1.807) is 4.90 Å². The Morgan fingerprint density at radius 1 is 1.00 bits per heavy atom. The second kappa shape index (κ2) is 9.38. The van der Waals surface area contributed by atoms with E-state index in [0.29, 0.717) is 19.6 Å². The highest BCUT2D eigenvalue weighted by molar-refractivity contribution is 5.78. The van der Waals surface area contributed by atoms with E-state index in [2.05, 4.69) is 36.2 Å². The Morgan fingerprint density at radius 2 is 1.66 bits per heavy atom. The van der Waals surface area contributed by atoms with Crippen LogP contribution in [0.3, 0.4) is 0 Å². The van der Waals surface area contributed by atoms with Crippen molar-refractivity contribution in [1.29, 1.82) is 0 Å². The van der Waals surface area contributed by atoms with Crippen LogP contribution in [0, 0.1) is 0 Å². The molecular formula is C28H34N4O3. The van der Waals surface area contributed by atoms with Crippen molar-refractivity contribution >= 4 is 12.1 Å². The van der Waals surface area contributed by atoms with Crippen LogP contribution in [0.1, 0.15) is 31.4 Å². The Balaban J connectivity index is 1.40. The summed E-state index contributed by atoms with van der Waals surface area (Å²) >= 11 is 0. The van der Waals surface area contributed by atoms with Crippen molar-refractivity contribution in [2.45, 2.75) is 37.5 Å². The summed E-state index contributed by atoms with van der Waals surface area (Å²) in [6, 6.07) is 19.3. The number of cyclic esters (lactones) is 1. The van der Waals surface area contributed by atoms with Gasteiger partial charge in [0, 0.05) is 55.9 Å². The number of benzene rings is 2. The number of carbonyl (C=O) groups excluding carboxylic acids is 2. The number of ether oxygens (including phenoxy) is 1. The lowest BCUT2D eigenvalue weighted by Gasteiger charge is -2.43. The minimum atomic E-state index is -0.978. The standard InChI is InChI=1S/C28H34N4O3/c1-27(2,21-30-16-10-5-11-17-30)29-25(33)31-18-19-32-24(20-31)28(35-26(32)34,22-12-6-3-7-13-22)23-14-8-4-9-15-23/h3-10,12-15,24H,11,16-21H2,1-2H3,(H,29,33). The zero-order chi connectivity index (χ0) is 24.5. The monoisotopic (exact) mass is 474 g/mol. The van der Waals surface area contributed by atoms with Gasteiger partial charge in [0.05, 0.1) is 0 Å². The van der Waals surface area contributed by atoms with E-state index in [4.69, 9.17) is 4.74 Å². The van der Waals surface area contributed by atoms with Gasteiger partial charge in [0.25, 0.3) is 0 Å². The van der Waals surface area contributed by atoms with Gasteiger partial charge in [-0.15, -0.1) is 0 Å². The van der Waals surface area contributed by atoms with Crippen molar-refractivity contribution in [3.05, 3.63) is 83.9 Å². The Labute approximate surface area is 207 Å². The van der Waals surface area contributed by atoms with Gasteiger partial charge >= 0.3 is 12.1 Å². The molecule has 184 valence electrons. The Bertz CT molecular complexity index is 1050. The fourth-order valence-corrected chi connectivity index (χ4v) is 5.64. The fraction of sp³-hybridized carbons (Fsp3) is 0.429. The molecule has 3 aliphatic heterocycles. The maximum atomic E-state index is 13.4. The van der Waals surface area contributed by atoms with Crippen LogP contribution in [0.2, 0.25) is 0 Å². The lowest BCUT2D eigenvalue weighted by atomic mass is 9.79. The van der Waals surface area contributed by atoms with E-state index >= 15 is 0 Å². The molecule has 3 aliphatic rings. The molecule has 0 bridgehead atoms. The van der Waals surface area contributed by atoms with Crippen molar-refractivity contribution in [3.8, 4) is 0 Å². The molecule has 7 heteroatoms. The summed E-state index contributed by atoms with van der Waals surface area (Å²) in [7, 11) is 0. The number of hydrogen-bond donors (Lipinski definition) is 1. The highest BCUT2D eigenvalue weighted by atomic mass is 16.6. The van der Waals surface area contributed by atoms with Gasteiger partial charge in [-0.3, -0.25) is 9.80 Å². The van der Waals surface area contributed by atoms with E-state index in [-0.39, 0.29) is 23.7 Å². The van der Waals surface area contributed by atoms with Crippen molar-refractivity contribution in [3.63, 3.8) is 0 Å². The molecule has 3 amide bonds. The van der Waals surface area contributed by atoms with Gasteiger partial charge in [-0.25, -0.2) is 9.59 Å². The van der Waals surface area contributed by atoms with Crippen LogP contribution in [0.4, 0.5) is 9.59 Å². The summed E-state index contributed by atoms with van der Waals surface area (Å²) in [4.78, 5) is 32.5. The lowest BCUT2D eigenvalue weighted by molar-refractivity contribution is 0.0501. The average Bonchev–Trinajstić information content (AvgIpc) is 3.18. The van der Waals surface area contributed by atoms with E-state index in [1.807, 2.05) is 65.6 Å². The van der Waals surface area contributed by atoms with Crippen molar-refractivity contribution in [1.82, 2.24) is 20.0 Å². The molecule has 0 saturated carbocycles. The Morgan fingerprint density at radius 3 is 2.26 bits per heavy atom.